The van der Waals surface area contributed by atoms with Crippen molar-refractivity contribution in [3.05, 3.63) is 47.0 Å². The van der Waals surface area contributed by atoms with Crippen LogP contribution in [0.4, 0.5) is 0 Å². The zero-order valence-electron chi connectivity index (χ0n) is 14.2. The first-order valence-corrected chi connectivity index (χ1v) is 9.06. The van der Waals surface area contributed by atoms with Crippen molar-refractivity contribution in [3.8, 4) is 0 Å². The predicted molar refractivity (Wildman–Crippen MR) is 91.7 cm³/mol. The Morgan fingerprint density at radius 1 is 1.29 bits per heavy atom. The van der Waals surface area contributed by atoms with E-state index in [1.807, 2.05) is 17.7 Å². The van der Waals surface area contributed by atoms with Crippen molar-refractivity contribution in [1.29, 1.82) is 0 Å². The van der Waals surface area contributed by atoms with E-state index in [0.717, 1.165) is 43.6 Å². The van der Waals surface area contributed by atoms with Gasteiger partial charge >= 0.3 is 0 Å². The molecule has 1 amide bonds. The number of hydrogen-bond acceptors (Lipinski definition) is 3. The summed E-state index contributed by atoms with van der Waals surface area (Å²) < 4.78 is 1.89. The molecule has 1 atom stereocenters. The fraction of sp³-hybridized carbons (Fsp3) is 0.526. The van der Waals surface area contributed by atoms with E-state index in [1.165, 1.54) is 24.0 Å². The number of hydrogen-bond donors (Lipinski definition) is 1. The molecule has 2 aliphatic carbocycles. The van der Waals surface area contributed by atoms with Crippen molar-refractivity contribution in [1.82, 2.24) is 20.1 Å². The van der Waals surface area contributed by atoms with E-state index in [0.29, 0.717) is 5.92 Å². The molecule has 2 aliphatic rings. The minimum absolute atomic E-state index is 0.00549. The normalized spacial score (nSPS) is 18.0. The molecule has 1 aromatic carbocycles. The first-order valence-electron chi connectivity index (χ1n) is 9.06. The second-order valence-electron chi connectivity index (χ2n) is 6.91. The van der Waals surface area contributed by atoms with Crippen LogP contribution < -0.4 is 5.32 Å². The first-order chi connectivity index (χ1) is 11.8. The predicted octanol–water partition coefficient (Wildman–Crippen LogP) is 3.06. The van der Waals surface area contributed by atoms with Crippen LogP contribution in [0.1, 0.15) is 66.0 Å². The minimum Gasteiger partial charge on any atom is -0.342 e. The van der Waals surface area contributed by atoms with Gasteiger partial charge in [-0.1, -0.05) is 6.07 Å². The van der Waals surface area contributed by atoms with E-state index >= 15 is 0 Å². The summed E-state index contributed by atoms with van der Waals surface area (Å²) in [6, 6.07) is 6.15. The van der Waals surface area contributed by atoms with Crippen LogP contribution in [0.3, 0.4) is 0 Å². The van der Waals surface area contributed by atoms with Crippen LogP contribution in [-0.2, 0) is 19.4 Å². The van der Waals surface area contributed by atoms with Crippen molar-refractivity contribution in [2.24, 2.45) is 5.92 Å². The summed E-state index contributed by atoms with van der Waals surface area (Å²) in [6.45, 7) is 2.82. The van der Waals surface area contributed by atoms with Gasteiger partial charge < -0.3 is 5.32 Å². The van der Waals surface area contributed by atoms with Gasteiger partial charge in [0.05, 0.1) is 6.04 Å². The molecule has 5 heteroatoms. The maximum Gasteiger partial charge on any atom is 0.251 e. The van der Waals surface area contributed by atoms with Crippen LogP contribution in [-0.4, -0.2) is 20.7 Å². The highest BCUT2D eigenvalue weighted by Gasteiger charge is 2.36. The third-order valence-corrected chi connectivity index (χ3v) is 5.21. The number of carbonyl (C=O) groups excluding carboxylic acids is 1. The fourth-order valence-electron chi connectivity index (χ4n) is 3.68. The highest BCUT2D eigenvalue weighted by atomic mass is 16.1. The number of benzene rings is 1. The lowest BCUT2D eigenvalue weighted by Crippen LogP contribution is -2.32. The summed E-state index contributed by atoms with van der Waals surface area (Å²) >= 11 is 0. The third kappa shape index (κ3) is 2.95. The Morgan fingerprint density at radius 3 is 2.83 bits per heavy atom. The van der Waals surface area contributed by atoms with Gasteiger partial charge in [-0.3, -0.25) is 4.79 Å². The smallest absolute Gasteiger partial charge is 0.251 e. The van der Waals surface area contributed by atoms with Gasteiger partial charge in [0, 0.05) is 12.1 Å². The highest BCUT2D eigenvalue weighted by Crippen LogP contribution is 2.40. The molecule has 0 saturated heterocycles. The third-order valence-electron chi connectivity index (χ3n) is 5.21. The number of nitrogens with zero attached hydrogens (tertiary/aromatic N) is 3. The van der Waals surface area contributed by atoms with Crippen LogP contribution in [0.5, 0.6) is 0 Å². The molecule has 4 rings (SSSR count). The standard InChI is InChI=1S/C19H24N4O/c1-2-23-18(20-12-21-23)17(14-8-9-14)22-19(24)16-10-7-13-5-3-4-6-15(13)11-16/h7,10-12,14,17H,2-6,8-9H2,1H3,(H,22,24). The van der Waals surface area contributed by atoms with Crippen molar-refractivity contribution in [2.45, 2.75) is 58.0 Å². The van der Waals surface area contributed by atoms with E-state index in [4.69, 9.17) is 0 Å². The van der Waals surface area contributed by atoms with Crippen LogP contribution in [0, 0.1) is 5.92 Å². The van der Waals surface area contributed by atoms with Crippen LogP contribution in [0.15, 0.2) is 24.5 Å². The molecular weight excluding hydrogens is 300 g/mol. The SMILES string of the molecule is CCn1ncnc1C(NC(=O)c1ccc2c(c1)CCCC2)C1CC1. The lowest BCUT2D eigenvalue weighted by atomic mass is 9.90. The summed E-state index contributed by atoms with van der Waals surface area (Å²) in [5, 5.41) is 7.47. The Balaban J connectivity index is 1.55. The van der Waals surface area contributed by atoms with Crippen LogP contribution in [0.2, 0.25) is 0 Å². The average molecular weight is 324 g/mol. The van der Waals surface area contributed by atoms with Crippen LogP contribution >= 0.6 is 0 Å². The van der Waals surface area contributed by atoms with Gasteiger partial charge in [0.2, 0.25) is 0 Å². The number of amides is 1. The summed E-state index contributed by atoms with van der Waals surface area (Å²) in [7, 11) is 0. The number of aryl methyl sites for hydroxylation is 3. The largest absolute Gasteiger partial charge is 0.342 e. The second-order valence-corrected chi connectivity index (χ2v) is 6.91. The molecule has 1 heterocycles. The monoisotopic (exact) mass is 324 g/mol. The molecule has 1 saturated carbocycles. The summed E-state index contributed by atoms with van der Waals surface area (Å²) in [5.41, 5.74) is 3.51. The number of aromatic nitrogens is 3. The van der Waals surface area contributed by atoms with Gasteiger partial charge in [-0.25, -0.2) is 9.67 Å². The van der Waals surface area contributed by atoms with E-state index in [-0.39, 0.29) is 11.9 Å². The Bertz CT molecular complexity index is 748. The van der Waals surface area contributed by atoms with Crippen molar-refractivity contribution in [2.75, 3.05) is 0 Å². The van der Waals surface area contributed by atoms with E-state index in [2.05, 4.69) is 27.5 Å². The molecule has 1 unspecified atom stereocenters. The average Bonchev–Trinajstić information content (AvgIpc) is 3.35. The van der Waals surface area contributed by atoms with Gasteiger partial charge in [-0.2, -0.15) is 5.10 Å². The zero-order valence-corrected chi connectivity index (χ0v) is 14.2. The molecule has 0 spiro atoms. The van der Waals surface area contributed by atoms with Crippen LogP contribution in [0.25, 0.3) is 0 Å². The Morgan fingerprint density at radius 2 is 2.08 bits per heavy atom. The van der Waals surface area contributed by atoms with Crippen molar-refractivity contribution in [3.63, 3.8) is 0 Å². The maximum atomic E-state index is 12.8. The lowest BCUT2D eigenvalue weighted by molar-refractivity contribution is 0.0928. The van der Waals surface area contributed by atoms with E-state index < -0.39 is 0 Å². The molecule has 0 aliphatic heterocycles. The van der Waals surface area contributed by atoms with Gasteiger partial charge in [0.1, 0.15) is 12.2 Å². The van der Waals surface area contributed by atoms with Crippen molar-refractivity contribution < 1.29 is 4.79 Å². The molecule has 0 radical (unpaired) electrons. The molecular formula is C19H24N4O. The Hall–Kier alpha value is -2.17. The molecule has 126 valence electrons. The number of rotatable bonds is 5. The summed E-state index contributed by atoms with van der Waals surface area (Å²) in [6.07, 6.45) is 8.59. The number of fused-ring (bicyclic) bond motifs is 1. The van der Waals surface area contributed by atoms with Gasteiger partial charge in [-0.05, 0) is 74.6 Å². The number of nitrogens with one attached hydrogen (secondary N) is 1. The molecule has 2 aromatic rings. The fourth-order valence-corrected chi connectivity index (χ4v) is 3.68. The summed E-state index contributed by atoms with van der Waals surface area (Å²) in [5.74, 6) is 1.37. The molecule has 0 bridgehead atoms. The van der Waals surface area contributed by atoms with E-state index in [9.17, 15) is 4.79 Å². The lowest BCUT2D eigenvalue weighted by Gasteiger charge is -2.20. The van der Waals surface area contributed by atoms with Gasteiger partial charge in [0.15, 0.2) is 0 Å². The Labute approximate surface area is 142 Å². The van der Waals surface area contributed by atoms with Gasteiger partial charge in [-0.15, -0.1) is 0 Å². The molecule has 1 N–H and O–H groups in total. The Kier molecular flexibility index (Phi) is 4.08. The quantitative estimate of drug-likeness (QED) is 0.919. The maximum absolute atomic E-state index is 12.8. The second kappa shape index (κ2) is 6.38. The zero-order chi connectivity index (χ0) is 16.5. The van der Waals surface area contributed by atoms with Gasteiger partial charge in [0.25, 0.3) is 5.91 Å². The van der Waals surface area contributed by atoms with Crippen molar-refractivity contribution >= 4 is 5.91 Å². The van der Waals surface area contributed by atoms with E-state index in [1.54, 1.807) is 6.33 Å². The number of carbonyl (C=O) groups is 1. The summed E-state index contributed by atoms with van der Waals surface area (Å²) in [4.78, 5) is 17.2. The highest BCUT2D eigenvalue weighted by molar-refractivity contribution is 5.94. The molecule has 1 fully saturated rings. The molecule has 24 heavy (non-hydrogen) atoms. The molecule has 5 nitrogen and oxygen atoms in total. The first kappa shape index (κ1) is 15.4. The minimum atomic E-state index is -0.0315. The molecule has 1 aromatic heterocycles. The topological polar surface area (TPSA) is 59.8 Å².